The highest BCUT2D eigenvalue weighted by molar-refractivity contribution is 7.14. The first-order valence-corrected chi connectivity index (χ1v) is 11.6. The van der Waals surface area contributed by atoms with Gasteiger partial charge in [-0.25, -0.2) is 14.6 Å². The fourth-order valence-electron chi connectivity index (χ4n) is 3.82. The van der Waals surface area contributed by atoms with Crippen molar-refractivity contribution in [2.75, 3.05) is 25.1 Å². The molecule has 34 heavy (non-hydrogen) atoms. The molecule has 0 fully saturated rings. The van der Waals surface area contributed by atoms with Crippen molar-refractivity contribution in [3.8, 4) is 11.3 Å². The number of benzene rings is 2. The monoisotopic (exact) mass is 471 g/mol. The van der Waals surface area contributed by atoms with Crippen molar-refractivity contribution < 1.29 is 14.3 Å². The van der Waals surface area contributed by atoms with Gasteiger partial charge in [0.25, 0.3) is 0 Å². The Balaban J connectivity index is 1.60. The van der Waals surface area contributed by atoms with E-state index < -0.39 is 12.0 Å². The first-order chi connectivity index (χ1) is 16.7. The number of anilines is 1. The SMILES string of the molecule is COC(=O)c1cnn2c1/C(c1ccccc1)=N\CCCN(c1nc(-c3ccccc3)cs1)C2=O. The molecule has 0 aliphatic carbocycles. The number of hydrogen-bond donors (Lipinski definition) is 0. The van der Waals surface area contributed by atoms with Gasteiger partial charge in [-0.1, -0.05) is 60.7 Å². The summed E-state index contributed by atoms with van der Waals surface area (Å²) >= 11 is 1.39. The molecular weight excluding hydrogens is 450 g/mol. The molecule has 0 unspecified atom stereocenters. The van der Waals surface area contributed by atoms with Crippen LogP contribution in [0, 0.1) is 0 Å². The number of carbonyl (C=O) groups excluding carboxylic acids is 2. The molecule has 1 amide bonds. The van der Waals surface area contributed by atoms with Crippen molar-refractivity contribution in [2.24, 2.45) is 4.99 Å². The van der Waals surface area contributed by atoms with Gasteiger partial charge in [0, 0.05) is 29.6 Å². The normalized spacial score (nSPS) is 15.5. The van der Waals surface area contributed by atoms with E-state index in [9.17, 15) is 9.59 Å². The predicted octanol–water partition coefficient (Wildman–Crippen LogP) is 4.51. The number of esters is 1. The molecular formula is C25H21N5O3S. The molecule has 0 bridgehead atoms. The molecule has 170 valence electrons. The van der Waals surface area contributed by atoms with Crippen LogP contribution in [0.3, 0.4) is 0 Å². The molecule has 0 radical (unpaired) electrons. The van der Waals surface area contributed by atoms with Gasteiger partial charge in [0.15, 0.2) is 5.13 Å². The van der Waals surface area contributed by atoms with Gasteiger partial charge in [0.1, 0.15) is 11.3 Å². The van der Waals surface area contributed by atoms with E-state index >= 15 is 0 Å². The zero-order chi connectivity index (χ0) is 23.5. The topological polar surface area (TPSA) is 89.7 Å². The van der Waals surface area contributed by atoms with E-state index in [2.05, 4.69) is 5.10 Å². The quantitative estimate of drug-likeness (QED) is 0.409. The summed E-state index contributed by atoms with van der Waals surface area (Å²) in [5.74, 6) is -0.580. The lowest BCUT2D eigenvalue weighted by Crippen LogP contribution is -2.37. The Morgan fingerprint density at radius 1 is 1.03 bits per heavy atom. The van der Waals surface area contributed by atoms with Gasteiger partial charge in [-0.05, 0) is 6.42 Å². The van der Waals surface area contributed by atoms with E-state index in [0.29, 0.717) is 36.0 Å². The smallest absolute Gasteiger partial charge is 0.351 e. The van der Waals surface area contributed by atoms with Crippen LogP contribution >= 0.6 is 11.3 Å². The lowest BCUT2D eigenvalue weighted by molar-refractivity contribution is 0.0600. The molecule has 2 aromatic carbocycles. The summed E-state index contributed by atoms with van der Waals surface area (Å²) in [6.07, 6.45) is 1.98. The van der Waals surface area contributed by atoms with E-state index in [4.69, 9.17) is 14.7 Å². The van der Waals surface area contributed by atoms with Crippen LogP contribution in [-0.2, 0) is 4.74 Å². The number of rotatable bonds is 4. The summed E-state index contributed by atoms with van der Waals surface area (Å²) < 4.78 is 6.19. The zero-order valence-electron chi connectivity index (χ0n) is 18.4. The highest BCUT2D eigenvalue weighted by atomic mass is 32.1. The van der Waals surface area contributed by atoms with E-state index in [1.165, 1.54) is 29.3 Å². The molecule has 3 heterocycles. The van der Waals surface area contributed by atoms with Crippen molar-refractivity contribution in [3.63, 3.8) is 0 Å². The zero-order valence-corrected chi connectivity index (χ0v) is 19.2. The van der Waals surface area contributed by atoms with Gasteiger partial charge in [0.2, 0.25) is 0 Å². The van der Waals surface area contributed by atoms with Crippen LogP contribution < -0.4 is 4.90 Å². The van der Waals surface area contributed by atoms with Crippen LogP contribution in [-0.4, -0.2) is 52.7 Å². The van der Waals surface area contributed by atoms with E-state index in [1.54, 1.807) is 4.90 Å². The van der Waals surface area contributed by atoms with Crippen LogP contribution in [0.4, 0.5) is 9.93 Å². The molecule has 0 saturated heterocycles. The maximum Gasteiger partial charge on any atom is 0.351 e. The number of ether oxygens (including phenoxy) is 1. The number of fused-ring (bicyclic) bond motifs is 1. The Hall–Kier alpha value is -4.11. The largest absolute Gasteiger partial charge is 0.465 e. The fraction of sp³-hybridized carbons (Fsp3) is 0.160. The Labute approximate surface area is 200 Å². The van der Waals surface area contributed by atoms with Gasteiger partial charge >= 0.3 is 12.0 Å². The number of methoxy groups -OCH3 is 1. The maximum atomic E-state index is 13.8. The molecule has 4 aromatic rings. The third-order valence-corrected chi connectivity index (χ3v) is 6.32. The van der Waals surface area contributed by atoms with E-state index in [1.807, 2.05) is 66.0 Å². The molecule has 0 N–H and O–H groups in total. The second-order valence-electron chi connectivity index (χ2n) is 7.58. The minimum Gasteiger partial charge on any atom is -0.465 e. The van der Waals surface area contributed by atoms with Crippen LogP contribution in [0.1, 0.15) is 28.0 Å². The second kappa shape index (κ2) is 9.40. The molecule has 0 saturated carbocycles. The summed E-state index contributed by atoms with van der Waals surface area (Å²) in [5, 5.41) is 6.78. The number of hydrogen-bond acceptors (Lipinski definition) is 7. The van der Waals surface area contributed by atoms with E-state index in [0.717, 1.165) is 16.8 Å². The average molecular weight is 472 g/mol. The number of carbonyl (C=O) groups is 2. The van der Waals surface area contributed by atoms with Crippen molar-refractivity contribution >= 4 is 34.2 Å². The number of aromatic nitrogens is 3. The fourth-order valence-corrected chi connectivity index (χ4v) is 4.67. The molecule has 9 heteroatoms. The first-order valence-electron chi connectivity index (χ1n) is 10.8. The van der Waals surface area contributed by atoms with Crippen molar-refractivity contribution in [1.29, 1.82) is 0 Å². The molecule has 1 aliphatic rings. The first kappa shape index (κ1) is 21.7. The van der Waals surface area contributed by atoms with Crippen molar-refractivity contribution in [2.45, 2.75) is 6.42 Å². The highest BCUT2D eigenvalue weighted by Gasteiger charge is 2.31. The molecule has 5 rings (SSSR count). The van der Waals surface area contributed by atoms with Crippen LogP contribution in [0.5, 0.6) is 0 Å². The number of amides is 1. The molecule has 1 aliphatic heterocycles. The lowest BCUT2D eigenvalue weighted by Gasteiger charge is -2.19. The summed E-state index contributed by atoms with van der Waals surface area (Å²) in [6, 6.07) is 18.9. The summed E-state index contributed by atoms with van der Waals surface area (Å²) in [4.78, 5) is 37.4. The van der Waals surface area contributed by atoms with Gasteiger partial charge in [-0.3, -0.25) is 9.89 Å². The van der Waals surface area contributed by atoms with Gasteiger partial charge in [0.05, 0.1) is 24.7 Å². The summed E-state index contributed by atoms with van der Waals surface area (Å²) in [6.45, 7) is 0.885. The second-order valence-corrected chi connectivity index (χ2v) is 8.41. The van der Waals surface area contributed by atoms with Crippen LogP contribution in [0.25, 0.3) is 11.3 Å². The Morgan fingerprint density at radius 3 is 2.44 bits per heavy atom. The Kier molecular flexibility index (Phi) is 6.01. The van der Waals surface area contributed by atoms with Gasteiger partial charge < -0.3 is 4.74 Å². The summed E-state index contributed by atoms with van der Waals surface area (Å²) in [7, 11) is 1.30. The molecule has 2 aromatic heterocycles. The number of nitrogens with zero attached hydrogens (tertiary/aromatic N) is 5. The number of thiazole rings is 1. The molecule has 8 nitrogen and oxygen atoms in total. The van der Waals surface area contributed by atoms with Gasteiger partial charge in [-0.15, -0.1) is 11.3 Å². The average Bonchev–Trinajstić information content (AvgIpc) is 3.55. The summed E-state index contributed by atoms with van der Waals surface area (Å²) in [5.41, 5.74) is 3.59. The lowest BCUT2D eigenvalue weighted by atomic mass is 10.0. The van der Waals surface area contributed by atoms with Gasteiger partial charge in [-0.2, -0.15) is 9.78 Å². The predicted molar refractivity (Wildman–Crippen MR) is 131 cm³/mol. The van der Waals surface area contributed by atoms with Crippen molar-refractivity contribution in [3.05, 3.63) is 89.1 Å². The van der Waals surface area contributed by atoms with Crippen molar-refractivity contribution in [1.82, 2.24) is 14.8 Å². The minimum absolute atomic E-state index is 0.185. The van der Waals surface area contributed by atoms with E-state index in [-0.39, 0.29) is 5.56 Å². The third-order valence-electron chi connectivity index (χ3n) is 5.46. The van der Waals surface area contributed by atoms with Crippen LogP contribution in [0.2, 0.25) is 0 Å². The number of aliphatic imine (C=N–C) groups is 1. The van der Waals surface area contributed by atoms with Crippen LogP contribution in [0.15, 0.2) is 77.2 Å². The highest BCUT2D eigenvalue weighted by Crippen LogP contribution is 2.29. The minimum atomic E-state index is -0.580. The Bertz CT molecular complexity index is 1360. The Morgan fingerprint density at radius 2 is 1.74 bits per heavy atom. The molecule has 0 atom stereocenters. The standard InChI is InChI=1S/C25H21N5O3S/c1-33-23(31)19-15-27-30-22(19)21(18-11-6-3-7-12-18)26-13-8-14-29(25(30)32)24-28-20(16-34-24)17-9-4-2-5-10-17/h2-7,9-12,15-16H,8,13-14H2,1H3/b26-21-. The maximum absolute atomic E-state index is 13.8. The molecule has 0 spiro atoms. The third kappa shape index (κ3) is 4.01.